The number of rotatable bonds is 7. The number of nitrogens with one attached hydrogen (secondary N) is 2. The Morgan fingerprint density at radius 1 is 1.32 bits per heavy atom. The summed E-state index contributed by atoms with van der Waals surface area (Å²) >= 11 is 2.24. The lowest BCUT2D eigenvalue weighted by Gasteiger charge is -2.13. The first-order valence-corrected chi connectivity index (χ1v) is 7.07. The van der Waals surface area contributed by atoms with Gasteiger partial charge in [-0.3, -0.25) is 5.10 Å². The predicted molar refractivity (Wildman–Crippen MR) is 81.0 cm³/mol. The maximum atomic E-state index is 9.78. The van der Waals surface area contributed by atoms with E-state index < -0.39 is 6.10 Å². The first-order valence-electron chi connectivity index (χ1n) is 5.99. The molecule has 1 aromatic heterocycles. The fraction of sp³-hybridized carbons (Fsp3) is 0.308. The molecule has 1 atom stereocenters. The van der Waals surface area contributed by atoms with E-state index in [1.165, 1.54) is 0 Å². The minimum atomic E-state index is -0.540. The molecule has 19 heavy (non-hydrogen) atoms. The maximum absolute atomic E-state index is 9.78. The highest BCUT2D eigenvalue weighted by molar-refractivity contribution is 14.1. The molecule has 1 heterocycles. The molecule has 2 rings (SSSR count). The number of ether oxygens (including phenoxy) is 1. The van der Waals surface area contributed by atoms with Crippen LogP contribution < -0.4 is 10.1 Å². The third-order valence-electron chi connectivity index (χ3n) is 2.51. The van der Waals surface area contributed by atoms with Crippen LogP contribution in [0.25, 0.3) is 0 Å². The first kappa shape index (κ1) is 14.3. The summed E-state index contributed by atoms with van der Waals surface area (Å²) in [6, 6.07) is 9.62. The predicted octanol–water partition coefficient (Wildman–Crippen LogP) is 1.54. The average Bonchev–Trinajstić information content (AvgIpc) is 2.91. The molecule has 0 radical (unpaired) electrons. The number of aromatic nitrogens is 2. The Hall–Kier alpha value is -1.12. The van der Waals surface area contributed by atoms with Crippen molar-refractivity contribution in [3.05, 3.63) is 45.8 Å². The summed E-state index contributed by atoms with van der Waals surface area (Å²) in [6.45, 7) is 1.40. The molecule has 2 aromatic rings. The minimum Gasteiger partial charge on any atom is -0.491 e. The van der Waals surface area contributed by atoms with Crippen LogP contribution in [0, 0.1) is 3.57 Å². The fourth-order valence-corrected chi connectivity index (χ4v) is 1.90. The van der Waals surface area contributed by atoms with Crippen molar-refractivity contribution < 1.29 is 9.84 Å². The van der Waals surface area contributed by atoms with Crippen molar-refractivity contribution in [2.45, 2.75) is 12.6 Å². The molecular weight excluding hydrogens is 357 g/mol. The summed E-state index contributed by atoms with van der Waals surface area (Å²) in [4.78, 5) is 0. The van der Waals surface area contributed by atoms with Crippen LogP contribution in [-0.2, 0) is 6.54 Å². The standard InChI is InChI=1S/C13H16IN3O2/c14-10-1-3-13(4-2-10)19-9-12(18)8-15-7-11-5-6-16-17-11/h1-6,12,15,18H,7-9H2,(H,16,17). The van der Waals surface area contributed by atoms with E-state index in [1.54, 1.807) is 6.20 Å². The lowest BCUT2D eigenvalue weighted by molar-refractivity contribution is 0.106. The van der Waals surface area contributed by atoms with E-state index in [1.807, 2.05) is 30.3 Å². The van der Waals surface area contributed by atoms with Crippen LogP contribution in [0.1, 0.15) is 5.69 Å². The zero-order valence-corrected chi connectivity index (χ0v) is 12.5. The van der Waals surface area contributed by atoms with Gasteiger partial charge < -0.3 is 15.2 Å². The Morgan fingerprint density at radius 2 is 2.11 bits per heavy atom. The van der Waals surface area contributed by atoms with Crippen molar-refractivity contribution in [1.29, 1.82) is 0 Å². The number of nitrogens with zero attached hydrogens (tertiary/aromatic N) is 1. The highest BCUT2D eigenvalue weighted by Gasteiger charge is 2.05. The number of benzene rings is 1. The van der Waals surface area contributed by atoms with E-state index >= 15 is 0 Å². The van der Waals surface area contributed by atoms with Gasteiger partial charge in [0.1, 0.15) is 18.5 Å². The average molecular weight is 373 g/mol. The summed E-state index contributed by atoms with van der Waals surface area (Å²) in [5.41, 5.74) is 0.991. The SMILES string of the molecule is OC(CNCc1ccn[nH]1)COc1ccc(I)cc1. The molecule has 0 bridgehead atoms. The van der Waals surface area contributed by atoms with Crippen molar-refractivity contribution in [3.8, 4) is 5.75 Å². The number of hydrogen-bond acceptors (Lipinski definition) is 4. The molecule has 5 nitrogen and oxygen atoms in total. The second kappa shape index (κ2) is 7.46. The normalized spacial score (nSPS) is 12.3. The molecule has 0 aliphatic heterocycles. The summed E-state index contributed by atoms with van der Waals surface area (Å²) in [5.74, 6) is 0.771. The van der Waals surface area contributed by atoms with Crippen LogP contribution in [0.2, 0.25) is 0 Å². The van der Waals surface area contributed by atoms with E-state index in [0.29, 0.717) is 13.1 Å². The summed E-state index contributed by atoms with van der Waals surface area (Å²) in [7, 11) is 0. The van der Waals surface area contributed by atoms with Gasteiger partial charge in [-0.05, 0) is 52.9 Å². The first-order chi connectivity index (χ1) is 9.24. The Labute approximate surface area is 125 Å². The molecule has 0 spiro atoms. The van der Waals surface area contributed by atoms with Gasteiger partial charge in [-0.25, -0.2) is 0 Å². The Morgan fingerprint density at radius 3 is 2.79 bits per heavy atom. The van der Waals surface area contributed by atoms with E-state index in [-0.39, 0.29) is 6.61 Å². The van der Waals surface area contributed by atoms with Gasteiger partial charge in [-0.2, -0.15) is 5.10 Å². The summed E-state index contributed by atoms with van der Waals surface area (Å²) in [5, 5.41) is 19.6. The number of halogens is 1. The van der Waals surface area contributed by atoms with Gasteiger partial charge >= 0.3 is 0 Å². The summed E-state index contributed by atoms with van der Waals surface area (Å²) < 4.78 is 6.66. The van der Waals surface area contributed by atoms with Crippen LogP contribution in [0.5, 0.6) is 5.75 Å². The lowest BCUT2D eigenvalue weighted by atomic mass is 10.3. The van der Waals surface area contributed by atoms with E-state index in [4.69, 9.17) is 4.74 Å². The Kier molecular flexibility index (Phi) is 5.62. The van der Waals surface area contributed by atoms with Crippen LogP contribution in [-0.4, -0.2) is 34.6 Å². The largest absolute Gasteiger partial charge is 0.491 e. The number of hydrogen-bond donors (Lipinski definition) is 3. The van der Waals surface area contributed by atoms with E-state index in [0.717, 1.165) is 15.0 Å². The van der Waals surface area contributed by atoms with Gasteiger partial charge in [0.2, 0.25) is 0 Å². The zero-order valence-electron chi connectivity index (χ0n) is 10.3. The third kappa shape index (κ3) is 5.17. The number of H-pyrrole nitrogens is 1. The van der Waals surface area contributed by atoms with Crippen LogP contribution >= 0.6 is 22.6 Å². The van der Waals surface area contributed by atoms with Crippen molar-refractivity contribution in [3.63, 3.8) is 0 Å². The Balaban J connectivity index is 1.64. The highest BCUT2D eigenvalue weighted by Crippen LogP contribution is 2.13. The van der Waals surface area contributed by atoms with Crippen molar-refractivity contribution in [2.75, 3.05) is 13.2 Å². The monoisotopic (exact) mass is 373 g/mol. The molecule has 0 aliphatic rings. The van der Waals surface area contributed by atoms with Crippen LogP contribution in [0.4, 0.5) is 0 Å². The molecule has 102 valence electrons. The molecule has 0 amide bonds. The zero-order chi connectivity index (χ0) is 13.5. The molecule has 6 heteroatoms. The van der Waals surface area contributed by atoms with Gasteiger partial charge in [0.05, 0.1) is 0 Å². The second-order valence-corrected chi connectivity index (χ2v) is 5.38. The van der Waals surface area contributed by atoms with Crippen molar-refractivity contribution in [1.82, 2.24) is 15.5 Å². The molecule has 0 saturated carbocycles. The van der Waals surface area contributed by atoms with Crippen molar-refractivity contribution in [2.24, 2.45) is 0 Å². The molecule has 0 fully saturated rings. The third-order valence-corrected chi connectivity index (χ3v) is 3.23. The van der Waals surface area contributed by atoms with Gasteiger partial charge in [-0.15, -0.1) is 0 Å². The minimum absolute atomic E-state index is 0.274. The smallest absolute Gasteiger partial charge is 0.119 e. The Bertz CT molecular complexity index is 473. The van der Waals surface area contributed by atoms with Gasteiger partial charge in [-0.1, -0.05) is 0 Å². The quantitative estimate of drug-likeness (QED) is 0.645. The van der Waals surface area contributed by atoms with Gasteiger partial charge in [0, 0.05) is 28.6 Å². The second-order valence-electron chi connectivity index (χ2n) is 4.13. The number of aliphatic hydroxyl groups is 1. The maximum Gasteiger partial charge on any atom is 0.119 e. The van der Waals surface area contributed by atoms with E-state index in [9.17, 15) is 5.11 Å². The highest BCUT2D eigenvalue weighted by atomic mass is 127. The summed E-state index contributed by atoms with van der Waals surface area (Å²) in [6.07, 6.45) is 1.16. The van der Waals surface area contributed by atoms with Gasteiger partial charge in [0.25, 0.3) is 0 Å². The number of aliphatic hydroxyl groups excluding tert-OH is 1. The molecule has 1 aromatic carbocycles. The number of aromatic amines is 1. The van der Waals surface area contributed by atoms with Crippen LogP contribution in [0.3, 0.4) is 0 Å². The molecule has 0 aliphatic carbocycles. The fourth-order valence-electron chi connectivity index (χ4n) is 1.54. The van der Waals surface area contributed by atoms with E-state index in [2.05, 4.69) is 38.1 Å². The topological polar surface area (TPSA) is 70.2 Å². The lowest BCUT2D eigenvalue weighted by Crippen LogP contribution is -2.31. The van der Waals surface area contributed by atoms with Gasteiger partial charge in [0.15, 0.2) is 0 Å². The molecular formula is C13H16IN3O2. The molecule has 1 unspecified atom stereocenters. The van der Waals surface area contributed by atoms with Crippen molar-refractivity contribution >= 4 is 22.6 Å². The molecule has 3 N–H and O–H groups in total. The molecule has 0 saturated heterocycles. The van der Waals surface area contributed by atoms with Crippen LogP contribution in [0.15, 0.2) is 36.5 Å².